The van der Waals surface area contributed by atoms with E-state index in [2.05, 4.69) is 10.0 Å². The number of para-hydroxylation sites is 1. The molecular formula is C29H27ClN2O6S. The second-order valence-corrected chi connectivity index (χ2v) is 10.6. The van der Waals surface area contributed by atoms with E-state index in [1.165, 1.54) is 32.4 Å². The second kappa shape index (κ2) is 12.7. The highest BCUT2D eigenvalue weighted by molar-refractivity contribution is 7.89. The molecule has 0 radical (unpaired) electrons. The Bertz CT molecular complexity index is 1530. The number of rotatable bonds is 11. The van der Waals surface area contributed by atoms with Crippen LogP contribution in [0.1, 0.15) is 5.56 Å². The quantitative estimate of drug-likeness (QED) is 0.242. The van der Waals surface area contributed by atoms with Crippen LogP contribution < -0.4 is 24.2 Å². The predicted molar refractivity (Wildman–Crippen MR) is 150 cm³/mol. The third-order valence-corrected chi connectivity index (χ3v) is 7.44. The van der Waals surface area contributed by atoms with Gasteiger partial charge in [0, 0.05) is 11.1 Å². The van der Waals surface area contributed by atoms with Crippen LogP contribution in [0.15, 0.2) is 102 Å². The molecule has 0 saturated carbocycles. The van der Waals surface area contributed by atoms with Crippen molar-refractivity contribution in [1.82, 2.24) is 4.72 Å². The fraction of sp³-hybridized carbons (Fsp3) is 0.138. The Morgan fingerprint density at radius 2 is 1.46 bits per heavy atom. The number of carbonyl (C=O) groups excluding carboxylic acids is 1. The van der Waals surface area contributed by atoms with Crippen LogP contribution in [0.25, 0.3) is 0 Å². The first kappa shape index (κ1) is 28.0. The van der Waals surface area contributed by atoms with Crippen LogP contribution in [-0.4, -0.2) is 34.6 Å². The lowest BCUT2D eigenvalue weighted by Crippen LogP contribution is -2.45. The van der Waals surface area contributed by atoms with Crippen molar-refractivity contribution in [1.29, 1.82) is 0 Å². The number of hydrogen-bond donors (Lipinski definition) is 2. The molecule has 0 aliphatic carbocycles. The van der Waals surface area contributed by atoms with Crippen molar-refractivity contribution >= 4 is 33.2 Å². The zero-order valence-corrected chi connectivity index (χ0v) is 22.8. The lowest BCUT2D eigenvalue weighted by molar-refractivity contribution is -0.117. The molecule has 4 rings (SSSR count). The van der Waals surface area contributed by atoms with Crippen LogP contribution in [0.4, 0.5) is 5.69 Å². The molecule has 1 atom stereocenters. The number of anilines is 1. The van der Waals surface area contributed by atoms with Gasteiger partial charge in [-0.05, 0) is 54.4 Å². The number of benzene rings is 4. The smallest absolute Gasteiger partial charge is 0.243 e. The van der Waals surface area contributed by atoms with Crippen molar-refractivity contribution in [2.24, 2.45) is 0 Å². The van der Waals surface area contributed by atoms with E-state index < -0.39 is 22.0 Å². The third kappa shape index (κ3) is 7.29. The fourth-order valence-corrected chi connectivity index (χ4v) is 5.18. The lowest BCUT2D eigenvalue weighted by Gasteiger charge is -2.20. The van der Waals surface area contributed by atoms with Crippen molar-refractivity contribution in [2.75, 3.05) is 19.5 Å². The molecule has 2 N–H and O–H groups in total. The Morgan fingerprint density at radius 1 is 0.821 bits per heavy atom. The average Bonchev–Trinajstić information content (AvgIpc) is 2.94. The predicted octanol–water partition coefficient (Wildman–Crippen LogP) is 5.68. The van der Waals surface area contributed by atoms with Gasteiger partial charge in [0.15, 0.2) is 17.2 Å². The summed E-state index contributed by atoms with van der Waals surface area (Å²) in [5, 5.41) is 3.16. The zero-order chi connectivity index (χ0) is 27.8. The largest absolute Gasteiger partial charge is 0.493 e. The number of ether oxygens (including phenoxy) is 3. The van der Waals surface area contributed by atoms with Crippen LogP contribution >= 0.6 is 11.6 Å². The Hall–Kier alpha value is -4.05. The number of nitrogens with one attached hydrogen (secondary N) is 2. The van der Waals surface area contributed by atoms with Gasteiger partial charge in [-0.3, -0.25) is 4.79 Å². The summed E-state index contributed by atoms with van der Waals surface area (Å²) in [5.74, 6) is 0.932. The van der Waals surface area contributed by atoms with Crippen LogP contribution in [-0.2, 0) is 21.2 Å². The number of methoxy groups -OCH3 is 2. The molecule has 1 amide bonds. The second-order valence-electron chi connectivity index (χ2n) is 8.43. The molecule has 39 heavy (non-hydrogen) atoms. The molecule has 10 heteroatoms. The SMILES string of the molecule is COc1ccc(S(=O)(=O)N[C@H](Cc2ccccc2)C(=O)Nc2cc(Cl)ccc2Oc2ccccc2)cc1OC. The number of carbonyl (C=O) groups is 1. The molecule has 0 saturated heterocycles. The standard InChI is InChI=1S/C29H27ClN2O6S/c1-36-27-16-14-23(19-28(27)37-2)39(34,35)32-25(17-20-9-5-3-6-10-20)29(33)31-24-18-21(30)13-15-26(24)38-22-11-7-4-8-12-22/h3-16,18-19,25,32H,17H2,1-2H3,(H,31,33)/t25-/m1/s1. The molecule has 0 fully saturated rings. The van der Waals surface area contributed by atoms with Gasteiger partial charge >= 0.3 is 0 Å². The van der Waals surface area contributed by atoms with Gasteiger partial charge in [0.25, 0.3) is 0 Å². The molecular weight excluding hydrogens is 540 g/mol. The number of amides is 1. The minimum atomic E-state index is -4.15. The topological polar surface area (TPSA) is 103 Å². The van der Waals surface area contributed by atoms with Crippen LogP contribution in [0, 0.1) is 0 Å². The fourth-order valence-electron chi connectivity index (χ4n) is 3.80. The van der Waals surface area contributed by atoms with E-state index in [4.69, 9.17) is 25.8 Å². The summed E-state index contributed by atoms with van der Waals surface area (Å²) in [6.45, 7) is 0. The Kier molecular flexibility index (Phi) is 9.08. The zero-order valence-electron chi connectivity index (χ0n) is 21.3. The molecule has 4 aromatic carbocycles. The molecule has 0 aromatic heterocycles. The Balaban J connectivity index is 1.64. The Morgan fingerprint density at radius 3 is 2.13 bits per heavy atom. The highest BCUT2D eigenvalue weighted by Gasteiger charge is 2.28. The molecule has 0 heterocycles. The average molecular weight is 567 g/mol. The van der Waals surface area contributed by atoms with Crippen LogP contribution in [0.3, 0.4) is 0 Å². The van der Waals surface area contributed by atoms with Gasteiger partial charge in [0.2, 0.25) is 15.9 Å². The molecule has 0 spiro atoms. The van der Waals surface area contributed by atoms with Crippen molar-refractivity contribution in [3.8, 4) is 23.0 Å². The molecule has 0 bridgehead atoms. The number of hydrogen-bond acceptors (Lipinski definition) is 6. The maximum absolute atomic E-state index is 13.6. The van der Waals surface area contributed by atoms with Gasteiger partial charge < -0.3 is 19.5 Å². The van der Waals surface area contributed by atoms with Gasteiger partial charge in [-0.1, -0.05) is 60.1 Å². The summed E-state index contributed by atoms with van der Waals surface area (Å²) in [4.78, 5) is 13.5. The van der Waals surface area contributed by atoms with Gasteiger partial charge in [-0.15, -0.1) is 0 Å². The van der Waals surface area contributed by atoms with Crippen LogP contribution in [0.5, 0.6) is 23.0 Å². The molecule has 4 aromatic rings. The summed E-state index contributed by atoms with van der Waals surface area (Å²) in [6, 6.07) is 26.0. The van der Waals surface area contributed by atoms with E-state index in [1.807, 2.05) is 48.5 Å². The maximum Gasteiger partial charge on any atom is 0.243 e. The molecule has 0 aliphatic heterocycles. The normalized spacial score (nSPS) is 11.9. The molecule has 202 valence electrons. The molecule has 0 unspecified atom stereocenters. The third-order valence-electron chi connectivity index (χ3n) is 5.73. The van der Waals surface area contributed by atoms with E-state index in [0.29, 0.717) is 28.0 Å². The van der Waals surface area contributed by atoms with E-state index in [-0.39, 0.29) is 17.1 Å². The maximum atomic E-state index is 13.6. The molecule has 0 aliphatic rings. The van der Waals surface area contributed by atoms with E-state index in [9.17, 15) is 13.2 Å². The van der Waals surface area contributed by atoms with Gasteiger partial charge in [-0.2, -0.15) is 4.72 Å². The lowest BCUT2D eigenvalue weighted by atomic mass is 10.1. The summed E-state index contributed by atoms with van der Waals surface area (Å²) >= 11 is 6.21. The van der Waals surface area contributed by atoms with Crippen molar-refractivity contribution in [3.63, 3.8) is 0 Å². The van der Waals surface area contributed by atoms with E-state index in [1.54, 1.807) is 30.3 Å². The highest BCUT2D eigenvalue weighted by atomic mass is 35.5. The molecule has 8 nitrogen and oxygen atoms in total. The minimum Gasteiger partial charge on any atom is -0.493 e. The van der Waals surface area contributed by atoms with E-state index >= 15 is 0 Å². The van der Waals surface area contributed by atoms with Crippen LogP contribution in [0.2, 0.25) is 5.02 Å². The first-order valence-corrected chi connectivity index (χ1v) is 13.8. The summed E-state index contributed by atoms with van der Waals surface area (Å²) in [6.07, 6.45) is 0.0919. The first-order chi connectivity index (χ1) is 18.8. The summed E-state index contributed by atoms with van der Waals surface area (Å²) in [7, 11) is -1.28. The van der Waals surface area contributed by atoms with Crippen molar-refractivity contribution < 1.29 is 27.4 Å². The monoisotopic (exact) mass is 566 g/mol. The number of sulfonamides is 1. The van der Waals surface area contributed by atoms with Gasteiger partial charge in [0.05, 0.1) is 24.8 Å². The summed E-state index contributed by atoms with van der Waals surface area (Å²) < 4.78 is 45.7. The highest BCUT2D eigenvalue weighted by Crippen LogP contribution is 2.33. The summed E-state index contributed by atoms with van der Waals surface area (Å²) in [5.41, 5.74) is 1.05. The van der Waals surface area contributed by atoms with Crippen molar-refractivity contribution in [3.05, 3.63) is 108 Å². The van der Waals surface area contributed by atoms with Gasteiger partial charge in [-0.25, -0.2) is 8.42 Å². The van der Waals surface area contributed by atoms with Crippen molar-refractivity contribution in [2.45, 2.75) is 17.4 Å². The minimum absolute atomic E-state index is 0.0816. The Labute approximate surface area is 232 Å². The number of halogens is 1. The first-order valence-electron chi connectivity index (χ1n) is 11.9. The van der Waals surface area contributed by atoms with E-state index in [0.717, 1.165) is 5.56 Å². The van der Waals surface area contributed by atoms with Gasteiger partial charge in [0.1, 0.15) is 11.8 Å².